The summed E-state index contributed by atoms with van der Waals surface area (Å²) in [5.41, 5.74) is 0.812. The van der Waals surface area contributed by atoms with Gasteiger partial charge in [0, 0.05) is 29.7 Å². The summed E-state index contributed by atoms with van der Waals surface area (Å²) in [6.45, 7) is 4.25. The summed E-state index contributed by atoms with van der Waals surface area (Å²) in [5, 5.41) is 0.230. The van der Waals surface area contributed by atoms with Crippen LogP contribution in [0.15, 0.2) is 6.07 Å². The van der Waals surface area contributed by atoms with Crippen molar-refractivity contribution in [3.05, 3.63) is 17.0 Å². The highest BCUT2D eigenvalue weighted by molar-refractivity contribution is 7.85. The second-order valence-corrected chi connectivity index (χ2v) is 7.47. The summed E-state index contributed by atoms with van der Waals surface area (Å²) in [4.78, 5) is 10.8. The maximum Gasteiger partial charge on any atom is 0.224 e. The maximum absolute atomic E-state index is 12.0. The Morgan fingerprint density at radius 3 is 2.85 bits per heavy atom. The Morgan fingerprint density at radius 2 is 2.25 bits per heavy atom. The predicted octanol–water partition coefficient (Wildman–Crippen LogP) is 1.72. The van der Waals surface area contributed by atoms with E-state index >= 15 is 0 Å². The average molecular weight is 316 g/mol. The molecule has 0 N–H and O–H groups in total. The predicted molar refractivity (Wildman–Crippen MR) is 79.6 cm³/mol. The molecule has 0 spiro atoms. The minimum Gasteiger partial charge on any atom is -0.377 e. The third kappa shape index (κ3) is 2.44. The lowest BCUT2D eigenvalue weighted by molar-refractivity contribution is 0.0985. The van der Waals surface area contributed by atoms with Gasteiger partial charge < -0.3 is 9.64 Å². The number of hydrogen-bond donors (Lipinski definition) is 0. The van der Waals surface area contributed by atoms with E-state index in [0.717, 1.165) is 30.9 Å². The van der Waals surface area contributed by atoms with Crippen LogP contribution in [0.5, 0.6) is 0 Å². The lowest BCUT2D eigenvalue weighted by Crippen LogP contribution is -2.44. The van der Waals surface area contributed by atoms with Gasteiger partial charge in [0.2, 0.25) is 5.28 Å². The standard InChI is InChI=1S/C13H18ClN3O2S/c1-9-8-19-6-5-17(9)11-7-10(15-12(14)16-11)13(3-4-13)20(2)18/h7,9H,3-6,8H2,1-2H3/t9?,20-/m1/s1. The van der Waals surface area contributed by atoms with Crippen molar-refractivity contribution in [3.8, 4) is 0 Å². The summed E-state index contributed by atoms with van der Waals surface area (Å²) in [5.74, 6) is 0.813. The number of anilines is 1. The molecule has 1 aliphatic carbocycles. The van der Waals surface area contributed by atoms with E-state index in [1.54, 1.807) is 6.26 Å². The number of ether oxygens (including phenoxy) is 1. The third-order valence-electron chi connectivity index (χ3n) is 4.07. The molecular weight excluding hydrogens is 298 g/mol. The first-order valence-corrected chi connectivity index (χ1v) is 8.69. The molecule has 3 rings (SSSR count). The first-order valence-electron chi connectivity index (χ1n) is 6.76. The van der Waals surface area contributed by atoms with Crippen molar-refractivity contribution in [3.63, 3.8) is 0 Å². The third-order valence-corrected chi connectivity index (χ3v) is 5.96. The molecule has 1 unspecified atom stereocenters. The molecule has 2 heterocycles. The van der Waals surface area contributed by atoms with E-state index in [1.807, 2.05) is 6.07 Å². The normalized spacial score (nSPS) is 26.4. The smallest absolute Gasteiger partial charge is 0.224 e. The molecule has 1 saturated heterocycles. The van der Waals surface area contributed by atoms with E-state index in [1.165, 1.54) is 0 Å². The number of morpholine rings is 1. The van der Waals surface area contributed by atoms with Crippen LogP contribution in [0.2, 0.25) is 5.28 Å². The topological polar surface area (TPSA) is 55.3 Å². The molecule has 1 aromatic rings. The van der Waals surface area contributed by atoms with Crippen molar-refractivity contribution in [2.45, 2.75) is 30.6 Å². The van der Waals surface area contributed by atoms with Crippen LogP contribution in [-0.2, 0) is 20.3 Å². The maximum atomic E-state index is 12.0. The van der Waals surface area contributed by atoms with Gasteiger partial charge in [-0.3, -0.25) is 4.21 Å². The van der Waals surface area contributed by atoms with Gasteiger partial charge in [-0.05, 0) is 31.4 Å². The lowest BCUT2D eigenvalue weighted by atomic mass is 10.2. The first-order chi connectivity index (χ1) is 9.53. The number of nitrogens with zero attached hydrogens (tertiary/aromatic N) is 3. The zero-order chi connectivity index (χ0) is 14.3. The fourth-order valence-corrected chi connectivity index (χ4v) is 3.91. The van der Waals surface area contributed by atoms with Gasteiger partial charge in [-0.25, -0.2) is 9.97 Å². The number of rotatable bonds is 3. The van der Waals surface area contributed by atoms with E-state index in [9.17, 15) is 4.21 Å². The largest absolute Gasteiger partial charge is 0.377 e. The fourth-order valence-electron chi connectivity index (χ4n) is 2.66. The van der Waals surface area contributed by atoms with E-state index in [4.69, 9.17) is 16.3 Å². The average Bonchev–Trinajstić information content (AvgIpc) is 3.20. The van der Waals surface area contributed by atoms with Crippen LogP contribution in [-0.4, -0.2) is 46.2 Å². The summed E-state index contributed by atoms with van der Waals surface area (Å²) >= 11 is 6.08. The quantitative estimate of drug-likeness (QED) is 0.795. The first kappa shape index (κ1) is 14.2. The van der Waals surface area contributed by atoms with Crippen LogP contribution in [0.1, 0.15) is 25.5 Å². The van der Waals surface area contributed by atoms with Gasteiger partial charge in [0.15, 0.2) is 0 Å². The molecule has 0 aromatic carbocycles. The fraction of sp³-hybridized carbons (Fsp3) is 0.692. The Bertz CT molecular complexity index is 550. The molecule has 2 aliphatic rings. The van der Waals surface area contributed by atoms with Crippen LogP contribution < -0.4 is 4.90 Å². The molecule has 2 atom stereocenters. The summed E-state index contributed by atoms with van der Waals surface area (Å²) in [7, 11) is -0.938. The molecule has 5 nitrogen and oxygen atoms in total. The van der Waals surface area contributed by atoms with E-state index in [0.29, 0.717) is 13.2 Å². The lowest BCUT2D eigenvalue weighted by Gasteiger charge is -2.34. The second-order valence-electron chi connectivity index (χ2n) is 5.45. The van der Waals surface area contributed by atoms with Crippen molar-refractivity contribution in [2.24, 2.45) is 0 Å². The van der Waals surface area contributed by atoms with Gasteiger partial charge in [-0.1, -0.05) is 0 Å². The molecule has 0 bridgehead atoms. The Labute approximate surface area is 126 Å². The van der Waals surface area contributed by atoms with Gasteiger partial charge in [0.1, 0.15) is 5.82 Å². The van der Waals surface area contributed by atoms with Crippen molar-refractivity contribution in [1.82, 2.24) is 9.97 Å². The van der Waals surface area contributed by atoms with Crippen LogP contribution in [0.4, 0.5) is 5.82 Å². The Hall–Kier alpha value is -0.720. The van der Waals surface area contributed by atoms with Crippen LogP contribution in [0.25, 0.3) is 0 Å². The molecule has 2 fully saturated rings. The molecule has 0 amide bonds. The van der Waals surface area contributed by atoms with Crippen molar-refractivity contribution >= 4 is 28.2 Å². The van der Waals surface area contributed by atoms with Crippen LogP contribution in [0, 0.1) is 0 Å². The Balaban J connectivity index is 1.97. The van der Waals surface area contributed by atoms with Gasteiger partial charge >= 0.3 is 0 Å². The van der Waals surface area contributed by atoms with Gasteiger partial charge in [0.25, 0.3) is 0 Å². The van der Waals surface area contributed by atoms with Crippen molar-refractivity contribution in [1.29, 1.82) is 0 Å². The van der Waals surface area contributed by atoms with Crippen molar-refractivity contribution in [2.75, 3.05) is 30.9 Å². The monoisotopic (exact) mass is 315 g/mol. The number of hydrogen-bond acceptors (Lipinski definition) is 5. The second kappa shape index (κ2) is 5.24. The van der Waals surface area contributed by atoms with Gasteiger partial charge in [0.05, 0.1) is 29.7 Å². The molecule has 1 saturated carbocycles. The summed E-state index contributed by atoms with van der Waals surface area (Å²) in [6, 6.07) is 2.20. The molecule has 7 heteroatoms. The number of halogens is 1. The highest BCUT2D eigenvalue weighted by Gasteiger charge is 2.50. The van der Waals surface area contributed by atoms with Gasteiger partial charge in [-0.15, -0.1) is 0 Å². The van der Waals surface area contributed by atoms with E-state index in [-0.39, 0.29) is 16.1 Å². The molecule has 0 radical (unpaired) electrons. The van der Waals surface area contributed by atoms with Gasteiger partial charge in [-0.2, -0.15) is 0 Å². The zero-order valence-corrected chi connectivity index (χ0v) is 13.2. The molecule has 20 heavy (non-hydrogen) atoms. The Morgan fingerprint density at radius 1 is 1.50 bits per heavy atom. The summed E-state index contributed by atoms with van der Waals surface area (Å²) in [6.07, 6.45) is 3.54. The minimum absolute atomic E-state index is 0.230. The highest BCUT2D eigenvalue weighted by Crippen LogP contribution is 2.50. The van der Waals surface area contributed by atoms with Crippen molar-refractivity contribution < 1.29 is 8.95 Å². The minimum atomic E-state index is -0.938. The SMILES string of the molecule is CC1COCCN1c1cc(C2([S@@](C)=O)CC2)nc(Cl)n1. The molecular formula is C13H18ClN3O2S. The Kier molecular flexibility index (Phi) is 3.73. The number of aromatic nitrogens is 2. The highest BCUT2D eigenvalue weighted by atomic mass is 35.5. The van der Waals surface area contributed by atoms with Crippen LogP contribution in [0.3, 0.4) is 0 Å². The molecule has 1 aliphatic heterocycles. The molecule has 1 aromatic heterocycles. The molecule has 110 valence electrons. The zero-order valence-electron chi connectivity index (χ0n) is 11.6. The van der Waals surface area contributed by atoms with E-state index < -0.39 is 10.8 Å². The van der Waals surface area contributed by atoms with Crippen LogP contribution >= 0.6 is 11.6 Å². The summed E-state index contributed by atoms with van der Waals surface area (Å²) < 4.78 is 17.1. The van der Waals surface area contributed by atoms with E-state index in [2.05, 4.69) is 21.8 Å².